The highest BCUT2D eigenvalue weighted by atomic mass is 79.9. The number of hydrogen-bond donors (Lipinski definition) is 1. The molecule has 5 nitrogen and oxygen atoms in total. The largest absolute Gasteiger partial charge is 0.484 e. The summed E-state index contributed by atoms with van der Waals surface area (Å²) in [5.41, 5.74) is 2.38. The highest BCUT2D eigenvalue weighted by molar-refractivity contribution is 9.10. The van der Waals surface area contributed by atoms with Crippen LogP contribution in [0.1, 0.15) is 33.3 Å². The normalized spacial score (nSPS) is 13.4. The van der Waals surface area contributed by atoms with E-state index in [9.17, 15) is 0 Å². The molecular formula is C19H24BrN3O2S. The third kappa shape index (κ3) is 4.92. The number of halogens is 1. The fraction of sp³-hybridized carbons (Fsp3) is 0.421. The molecule has 0 bridgehead atoms. The van der Waals surface area contributed by atoms with Gasteiger partial charge in [-0.05, 0) is 74.3 Å². The Morgan fingerprint density at radius 2 is 2.04 bits per heavy atom. The zero-order valence-corrected chi connectivity index (χ0v) is 18.3. The summed E-state index contributed by atoms with van der Waals surface area (Å²) >= 11 is 8.98. The number of hydrogen-bond acceptors (Lipinski definition) is 5. The van der Waals surface area contributed by atoms with Crippen LogP contribution in [0.15, 0.2) is 34.0 Å². The number of fused-ring (bicyclic) bond motifs is 1. The molecule has 0 amide bonds. The average Bonchev–Trinajstić information content (AvgIpc) is 2.54. The fourth-order valence-electron chi connectivity index (χ4n) is 2.45. The first-order chi connectivity index (χ1) is 12.1. The lowest BCUT2D eigenvalue weighted by molar-refractivity contribution is 0.210. The van der Waals surface area contributed by atoms with Crippen LogP contribution in [0.2, 0.25) is 0 Å². The second-order valence-electron chi connectivity index (χ2n) is 6.70. The lowest BCUT2D eigenvalue weighted by Gasteiger charge is -2.29. The van der Waals surface area contributed by atoms with E-state index >= 15 is 0 Å². The van der Waals surface area contributed by atoms with E-state index in [1.54, 1.807) is 6.20 Å². The molecule has 26 heavy (non-hydrogen) atoms. The van der Waals surface area contributed by atoms with E-state index in [0.717, 1.165) is 32.4 Å². The molecule has 0 saturated carbocycles. The molecule has 0 radical (unpaired) electrons. The van der Waals surface area contributed by atoms with Gasteiger partial charge in [0.2, 0.25) is 0 Å². The second-order valence-corrected chi connectivity index (χ2v) is 8.05. The SMILES string of the molecule is CO/N=C(\C)C(C)(C)NC(=S)C(C)Oc1cc(C)c2ncc(Br)cc2c1. The number of nitrogens with zero attached hydrogens (tertiary/aromatic N) is 2. The van der Waals surface area contributed by atoms with Gasteiger partial charge >= 0.3 is 0 Å². The summed E-state index contributed by atoms with van der Waals surface area (Å²) in [6.45, 7) is 9.82. The molecule has 140 valence electrons. The molecule has 2 rings (SSSR count). The number of pyridine rings is 1. The molecule has 0 saturated heterocycles. The molecular weight excluding hydrogens is 414 g/mol. The standard InChI is InChI=1S/C19H24BrN3O2S/c1-11-7-16(9-14-8-15(20)10-21-17(11)14)25-12(2)18(26)22-19(4,5)13(3)23-24-6/h7-10,12H,1-6H3,(H,22,26)/b23-13+. The Morgan fingerprint density at radius 1 is 1.35 bits per heavy atom. The van der Waals surface area contributed by atoms with Crippen LogP contribution in [-0.4, -0.2) is 34.4 Å². The van der Waals surface area contributed by atoms with Gasteiger partial charge in [0.05, 0.1) is 16.8 Å². The second kappa shape index (κ2) is 8.31. The Balaban J connectivity index is 2.16. The summed E-state index contributed by atoms with van der Waals surface area (Å²) in [7, 11) is 1.53. The van der Waals surface area contributed by atoms with Gasteiger partial charge in [-0.15, -0.1) is 0 Å². The molecule has 1 N–H and O–H groups in total. The van der Waals surface area contributed by atoms with E-state index in [4.69, 9.17) is 21.8 Å². The number of aromatic nitrogens is 1. The minimum atomic E-state index is -0.432. The van der Waals surface area contributed by atoms with Gasteiger partial charge in [0, 0.05) is 16.1 Å². The van der Waals surface area contributed by atoms with E-state index in [1.807, 2.05) is 52.8 Å². The lowest BCUT2D eigenvalue weighted by atomic mass is 9.99. The molecule has 0 aliphatic heterocycles. The van der Waals surface area contributed by atoms with Crippen molar-refractivity contribution in [1.82, 2.24) is 10.3 Å². The number of thiocarbonyl (C=S) groups is 1. The summed E-state index contributed by atoms with van der Waals surface area (Å²) < 4.78 is 7.00. The first-order valence-electron chi connectivity index (χ1n) is 8.27. The maximum absolute atomic E-state index is 6.07. The Labute approximate surface area is 168 Å². The van der Waals surface area contributed by atoms with Crippen LogP contribution in [-0.2, 0) is 4.84 Å². The smallest absolute Gasteiger partial charge is 0.146 e. The van der Waals surface area contributed by atoms with Gasteiger partial charge in [-0.2, -0.15) is 0 Å². The van der Waals surface area contributed by atoms with Crippen molar-refractivity contribution >= 4 is 49.8 Å². The van der Waals surface area contributed by atoms with Crippen molar-refractivity contribution in [3.05, 3.63) is 34.4 Å². The highest BCUT2D eigenvalue weighted by Crippen LogP contribution is 2.26. The minimum Gasteiger partial charge on any atom is -0.484 e. The van der Waals surface area contributed by atoms with Gasteiger partial charge in [0.15, 0.2) is 0 Å². The number of ether oxygens (including phenoxy) is 1. The zero-order valence-electron chi connectivity index (χ0n) is 15.9. The molecule has 0 aliphatic rings. The monoisotopic (exact) mass is 437 g/mol. The van der Waals surface area contributed by atoms with Crippen molar-refractivity contribution < 1.29 is 9.57 Å². The van der Waals surface area contributed by atoms with Crippen molar-refractivity contribution in [1.29, 1.82) is 0 Å². The molecule has 0 spiro atoms. The van der Waals surface area contributed by atoms with E-state index in [1.165, 1.54) is 7.11 Å². The average molecular weight is 438 g/mol. The van der Waals surface area contributed by atoms with Crippen LogP contribution in [0.4, 0.5) is 0 Å². The van der Waals surface area contributed by atoms with Gasteiger partial charge in [0.25, 0.3) is 0 Å². The summed E-state index contributed by atoms with van der Waals surface area (Å²) in [5, 5.41) is 8.30. The Morgan fingerprint density at radius 3 is 2.69 bits per heavy atom. The van der Waals surface area contributed by atoms with Crippen LogP contribution in [0.3, 0.4) is 0 Å². The molecule has 2 aromatic rings. The van der Waals surface area contributed by atoms with Crippen molar-refractivity contribution in [2.75, 3.05) is 7.11 Å². The number of oxime groups is 1. The Bertz CT molecular complexity index is 852. The van der Waals surface area contributed by atoms with Gasteiger partial charge in [-0.3, -0.25) is 4.98 Å². The summed E-state index contributed by atoms with van der Waals surface area (Å²) in [4.78, 5) is 9.91. The third-order valence-electron chi connectivity index (χ3n) is 4.16. The number of rotatable bonds is 6. The van der Waals surface area contributed by atoms with Crippen molar-refractivity contribution in [3.8, 4) is 5.75 Å². The third-order valence-corrected chi connectivity index (χ3v) is 5.03. The molecule has 1 atom stereocenters. The Hall–Kier alpha value is -1.73. The Kier molecular flexibility index (Phi) is 6.58. The van der Waals surface area contributed by atoms with E-state index in [-0.39, 0.29) is 6.10 Å². The topological polar surface area (TPSA) is 55.7 Å². The zero-order chi connectivity index (χ0) is 19.5. The molecule has 1 aromatic carbocycles. The molecule has 0 aliphatic carbocycles. The van der Waals surface area contributed by atoms with Gasteiger partial charge in [-0.1, -0.05) is 17.4 Å². The predicted molar refractivity (Wildman–Crippen MR) is 114 cm³/mol. The lowest BCUT2D eigenvalue weighted by Crippen LogP contribution is -2.51. The number of aryl methyl sites for hydroxylation is 1. The van der Waals surface area contributed by atoms with Crippen molar-refractivity contribution in [3.63, 3.8) is 0 Å². The van der Waals surface area contributed by atoms with E-state index in [2.05, 4.69) is 31.4 Å². The molecule has 1 unspecified atom stereocenters. The van der Waals surface area contributed by atoms with E-state index in [0.29, 0.717) is 4.99 Å². The van der Waals surface area contributed by atoms with Crippen LogP contribution < -0.4 is 10.1 Å². The van der Waals surface area contributed by atoms with Gasteiger partial charge in [0.1, 0.15) is 24.0 Å². The first kappa shape index (κ1) is 20.6. The van der Waals surface area contributed by atoms with Crippen LogP contribution in [0.5, 0.6) is 5.75 Å². The van der Waals surface area contributed by atoms with Gasteiger partial charge < -0.3 is 14.9 Å². The molecule has 1 aromatic heterocycles. The first-order valence-corrected chi connectivity index (χ1v) is 9.47. The quantitative estimate of drug-likeness (QED) is 0.399. The summed E-state index contributed by atoms with van der Waals surface area (Å²) in [6, 6.07) is 5.98. The van der Waals surface area contributed by atoms with Crippen LogP contribution in [0, 0.1) is 6.92 Å². The molecule has 1 heterocycles. The number of benzene rings is 1. The maximum atomic E-state index is 6.07. The summed E-state index contributed by atoms with van der Waals surface area (Å²) in [5.74, 6) is 0.756. The minimum absolute atomic E-state index is 0.295. The number of nitrogens with one attached hydrogen (secondary N) is 1. The van der Waals surface area contributed by atoms with Crippen molar-refractivity contribution in [2.24, 2.45) is 5.16 Å². The highest BCUT2D eigenvalue weighted by Gasteiger charge is 2.25. The fourth-order valence-corrected chi connectivity index (χ4v) is 3.10. The van der Waals surface area contributed by atoms with Crippen molar-refractivity contribution in [2.45, 2.75) is 46.3 Å². The summed E-state index contributed by atoms with van der Waals surface area (Å²) in [6.07, 6.45) is 1.50. The molecule has 0 fully saturated rings. The predicted octanol–water partition coefficient (Wildman–Crippen LogP) is 4.79. The maximum Gasteiger partial charge on any atom is 0.146 e. The van der Waals surface area contributed by atoms with E-state index < -0.39 is 5.54 Å². The van der Waals surface area contributed by atoms with Gasteiger partial charge in [-0.25, -0.2) is 0 Å². The van der Waals surface area contributed by atoms with Crippen LogP contribution in [0.25, 0.3) is 10.9 Å². The molecule has 7 heteroatoms. The van der Waals surface area contributed by atoms with Crippen LogP contribution >= 0.6 is 28.1 Å².